The number of carbonyl (C=O) groups is 2. The molecule has 0 amide bonds. The van der Waals surface area contributed by atoms with Crippen LogP contribution in [0.1, 0.15) is 44.9 Å². The molecule has 3 heteroatoms. The molecule has 17 heavy (non-hydrogen) atoms. The van der Waals surface area contributed by atoms with Crippen molar-refractivity contribution in [1.29, 1.82) is 0 Å². The van der Waals surface area contributed by atoms with Crippen molar-refractivity contribution < 1.29 is 9.59 Å². The van der Waals surface area contributed by atoms with Crippen molar-refractivity contribution in [3.8, 4) is 0 Å². The first-order valence-corrected chi connectivity index (χ1v) is 7.03. The van der Waals surface area contributed by atoms with Gasteiger partial charge in [-0.25, -0.2) is 0 Å². The number of hydrogen-bond donors (Lipinski definition) is 1. The number of fused-ring (bicyclic) bond motifs is 2. The van der Waals surface area contributed by atoms with E-state index in [1.165, 1.54) is 0 Å². The standard InChI is InChI=1S/C14H21NO2/c15-11-7-3-6-10-12(11)14(17)9-5-2-1-4-8(9)13(10)16/h8-12H,1-7,15H2. The first kappa shape index (κ1) is 11.4. The molecular weight excluding hydrogens is 214 g/mol. The third kappa shape index (κ3) is 1.67. The largest absolute Gasteiger partial charge is 0.327 e. The lowest BCUT2D eigenvalue weighted by atomic mass is 9.57. The van der Waals surface area contributed by atoms with Crippen molar-refractivity contribution in [2.24, 2.45) is 29.4 Å². The Labute approximate surface area is 102 Å². The zero-order valence-electron chi connectivity index (χ0n) is 10.2. The highest BCUT2D eigenvalue weighted by molar-refractivity contribution is 6.00. The Bertz CT molecular complexity index is 352. The van der Waals surface area contributed by atoms with E-state index in [4.69, 9.17) is 5.73 Å². The van der Waals surface area contributed by atoms with Crippen LogP contribution < -0.4 is 5.73 Å². The summed E-state index contributed by atoms with van der Waals surface area (Å²) in [5, 5.41) is 0. The summed E-state index contributed by atoms with van der Waals surface area (Å²) in [6, 6.07) is -0.0620. The van der Waals surface area contributed by atoms with E-state index in [1.807, 2.05) is 0 Å². The predicted molar refractivity (Wildman–Crippen MR) is 64.3 cm³/mol. The van der Waals surface area contributed by atoms with Crippen LogP contribution in [-0.4, -0.2) is 17.6 Å². The molecule has 0 aliphatic heterocycles. The second-order valence-corrected chi connectivity index (χ2v) is 6.03. The van der Waals surface area contributed by atoms with Gasteiger partial charge in [0, 0.05) is 29.7 Å². The van der Waals surface area contributed by atoms with E-state index in [2.05, 4.69) is 0 Å². The molecular formula is C14H21NO2. The van der Waals surface area contributed by atoms with Crippen LogP contribution in [-0.2, 0) is 9.59 Å². The molecule has 2 N–H and O–H groups in total. The van der Waals surface area contributed by atoms with E-state index in [9.17, 15) is 9.59 Å². The topological polar surface area (TPSA) is 60.2 Å². The molecule has 3 nitrogen and oxygen atoms in total. The lowest BCUT2D eigenvalue weighted by Gasteiger charge is -2.45. The maximum absolute atomic E-state index is 12.5. The van der Waals surface area contributed by atoms with Gasteiger partial charge in [-0.1, -0.05) is 19.3 Å². The Hall–Kier alpha value is -0.700. The summed E-state index contributed by atoms with van der Waals surface area (Å²) in [6.07, 6.45) is 6.90. The van der Waals surface area contributed by atoms with Gasteiger partial charge in [0.2, 0.25) is 0 Å². The van der Waals surface area contributed by atoms with Crippen molar-refractivity contribution in [2.45, 2.75) is 51.0 Å². The van der Waals surface area contributed by atoms with Crippen LogP contribution in [0.5, 0.6) is 0 Å². The number of ketones is 2. The predicted octanol–water partition coefficient (Wildman–Crippen LogP) is 1.69. The molecule has 0 aromatic carbocycles. The zero-order chi connectivity index (χ0) is 12.0. The quantitative estimate of drug-likeness (QED) is 0.695. The fraction of sp³-hybridized carbons (Fsp3) is 0.857. The summed E-state index contributed by atoms with van der Waals surface area (Å²) in [5.41, 5.74) is 6.09. The van der Waals surface area contributed by atoms with Crippen LogP contribution in [0.15, 0.2) is 0 Å². The van der Waals surface area contributed by atoms with Gasteiger partial charge in [-0.3, -0.25) is 9.59 Å². The minimum atomic E-state index is -0.143. The fourth-order valence-corrected chi connectivity index (χ4v) is 4.29. The summed E-state index contributed by atoms with van der Waals surface area (Å²) < 4.78 is 0. The minimum absolute atomic E-state index is 0.0154. The number of Topliss-reactive ketones (excluding diaryl/α,β-unsaturated/α-hetero) is 2. The average Bonchev–Trinajstić information content (AvgIpc) is 2.36. The molecule has 3 saturated carbocycles. The maximum atomic E-state index is 12.5. The van der Waals surface area contributed by atoms with Crippen LogP contribution in [0.2, 0.25) is 0 Å². The first-order chi connectivity index (χ1) is 8.20. The minimum Gasteiger partial charge on any atom is -0.327 e. The summed E-state index contributed by atoms with van der Waals surface area (Å²) in [4.78, 5) is 25.0. The van der Waals surface area contributed by atoms with E-state index in [0.29, 0.717) is 11.6 Å². The molecule has 3 rings (SSSR count). The van der Waals surface area contributed by atoms with Crippen LogP contribution in [0, 0.1) is 23.7 Å². The monoisotopic (exact) mass is 235 g/mol. The molecule has 0 spiro atoms. The number of nitrogens with two attached hydrogens (primary N) is 1. The Morgan fingerprint density at radius 1 is 0.765 bits per heavy atom. The van der Waals surface area contributed by atoms with Crippen LogP contribution in [0.25, 0.3) is 0 Å². The third-order valence-corrected chi connectivity index (χ3v) is 5.14. The van der Waals surface area contributed by atoms with Gasteiger partial charge in [0.25, 0.3) is 0 Å². The van der Waals surface area contributed by atoms with Gasteiger partial charge in [0.05, 0.1) is 0 Å². The van der Waals surface area contributed by atoms with E-state index >= 15 is 0 Å². The van der Waals surface area contributed by atoms with E-state index in [-0.39, 0.29) is 29.7 Å². The molecule has 5 atom stereocenters. The average molecular weight is 235 g/mol. The van der Waals surface area contributed by atoms with Gasteiger partial charge in [0.1, 0.15) is 11.6 Å². The number of hydrogen-bond acceptors (Lipinski definition) is 3. The lowest BCUT2D eigenvalue weighted by Crippen LogP contribution is -2.56. The SMILES string of the molecule is NC1CCCC2C(=O)C3CCCCC3C(=O)C12. The first-order valence-electron chi connectivity index (χ1n) is 7.03. The Kier molecular flexibility index (Phi) is 2.81. The van der Waals surface area contributed by atoms with Crippen molar-refractivity contribution in [3.05, 3.63) is 0 Å². The summed E-state index contributed by atoms with van der Waals surface area (Å²) in [7, 11) is 0. The van der Waals surface area contributed by atoms with E-state index < -0.39 is 0 Å². The van der Waals surface area contributed by atoms with Gasteiger partial charge >= 0.3 is 0 Å². The van der Waals surface area contributed by atoms with Gasteiger partial charge < -0.3 is 5.73 Å². The van der Waals surface area contributed by atoms with Crippen molar-refractivity contribution >= 4 is 11.6 Å². The maximum Gasteiger partial charge on any atom is 0.142 e. The zero-order valence-corrected chi connectivity index (χ0v) is 10.2. The van der Waals surface area contributed by atoms with Crippen molar-refractivity contribution in [1.82, 2.24) is 0 Å². The van der Waals surface area contributed by atoms with Gasteiger partial charge in [-0.2, -0.15) is 0 Å². The summed E-state index contributed by atoms with van der Waals surface area (Å²) in [5.74, 6) is 0.576. The highest BCUT2D eigenvalue weighted by Gasteiger charge is 2.52. The van der Waals surface area contributed by atoms with Gasteiger partial charge in [-0.05, 0) is 25.7 Å². The Morgan fingerprint density at radius 3 is 2.06 bits per heavy atom. The normalized spacial score (nSPS) is 46.3. The molecule has 3 aliphatic carbocycles. The molecule has 0 heterocycles. The molecule has 3 aliphatic rings. The summed E-state index contributed by atoms with van der Waals surface area (Å²) >= 11 is 0. The van der Waals surface area contributed by atoms with Crippen LogP contribution >= 0.6 is 0 Å². The van der Waals surface area contributed by atoms with Crippen molar-refractivity contribution in [3.63, 3.8) is 0 Å². The second-order valence-electron chi connectivity index (χ2n) is 6.03. The Morgan fingerprint density at radius 2 is 1.35 bits per heavy atom. The van der Waals surface area contributed by atoms with E-state index in [0.717, 1.165) is 44.9 Å². The molecule has 0 aromatic heterocycles. The summed E-state index contributed by atoms with van der Waals surface area (Å²) in [6.45, 7) is 0. The van der Waals surface area contributed by atoms with Crippen LogP contribution in [0.4, 0.5) is 0 Å². The van der Waals surface area contributed by atoms with Crippen LogP contribution in [0.3, 0.4) is 0 Å². The number of carbonyl (C=O) groups excluding carboxylic acids is 2. The molecule has 0 radical (unpaired) electrons. The molecule has 94 valence electrons. The highest BCUT2D eigenvalue weighted by atomic mass is 16.1. The van der Waals surface area contributed by atoms with E-state index in [1.54, 1.807) is 0 Å². The van der Waals surface area contributed by atoms with Crippen molar-refractivity contribution in [2.75, 3.05) is 0 Å². The molecule has 5 unspecified atom stereocenters. The molecule has 0 bridgehead atoms. The van der Waals surface area contributed by atoms with Gasteiger partial charge in [-0.15, -0.1) is 0 Å². The third-order valence-electron chi connectivity index (χ3n) is 5.14. The smallest absolute Gasteiger partial charge is 0.142 e. The fourth-order valence-electron chi connectivity index (χ4n) is 4.29. The Balaban J connectivity index is 1.92. The molecule has 0 aromatic rings. The highest BCUT2D eigenvalue weighted by Crippen LogP contribution is 2.45. The lowest BCUT2D eigenvalue weighted by molar-refractivity contribution is -0.151. The number of rotatable bonds is 0. The molecule has 0 saturated heterocycles. The van der Waals surface area contributed by atoms with Gasteiger partial charge in [0.15, 0.2) is 0 Å². The molecule has 3 fully saturated rings. The second kappa shape index (κ2) is 4.20.